The van der Waals surface area contributed by atoms with Gasteiger partial charge in [-0.05, 0) is 124 Å². The summed E-state index contributed by atoms with van der Waals surface area (Å²) in [6.45, 7) is 14.9. The lowest BCUT2D eigenvalue weighted by atomic mass is 9.35. The van der Waals surface area contributed by atoms with Gasteiger partial charge in [0, 0.05) is 0 Å². The van der Waals surface area contributed by atoms with Crippen LogP contribution >= 0.6 is 0 Å². The zero-order chi connectivity index (χ0) is 55.1. The first kappa shape index (κ1) is 60.0. The van der Waals surface area contributed by atoms with Crippen LogP contribution in [0.4, 0.5) is 0 Å². The first-order valence-electron chi connectivity index (χ1n) is 27.3. The summed E-state index contributed by atoms with van der Waals surface area (Å²) in [5.74, 6) is -0.394. The molecule has 0 aromatic carbocycles. The lowest BCUT2D eigenvalue weighted by molar-refractivity contribution is -0.378. The number of hydrogen-bond donors (Lipinski definition) is 14. The van der Waals surface area contributed by atoms with E-state index in [2.05, 4.69) is 40.7 Å². The highest BCUT2D eigenvalue weighted by molar-refractivity contribution is 5.20. The van der Waals surface area contributed by atoms with E-state index in [4.69, 9.17) is 37.9 Å². The van der Waals surface area contributed by atoms with Gasteiger partial charge in [-0.1, -0.05) is 46.3 Å². The van der Waals surface area contributed by atoms with E-state index in [1.54, 1.807) is 0 Å². The minimum atomic E-state index is -1.81. The van der Waals surface area contributed by atoms with E-state index in [-0.39, 0.29) is 34.5 Å². The van der Waals surface area contributed by atoms with Crippen LogP contribution in [0.1, 0.15) is 113 Å². The molecule has 14 N–H and O–H groups in total. The van der Waals surface area contributed by atoms with Gasteiger partial charge < -0.3 is 109 Å². The molecule has 29 atom stereocenters. The van der Waals surface area contributed by atoms with Gasteiger partial charge in [0.2, 0.25) is 0 Å². The second kappa shape index (κ2) is 22.7. The van der Waals surface area contributed by atoms with Crippen LogP contribution in [0.25, 0.3) is 0 Å². The molecule has 4 aliphatic carbocycles. The molecule has 4 aliphatic heterocycles. The number of allylic oxidation sites excluding steroid dienone is 2. The molecule has 0 amide bonds. The van der Waals surface area contributed by atoms with Crippen molar-refractivity contribution in [1.82, 2.24) is 0 Å². The van der Waals surface area contributed by atoms with Crippen LogP contribution < -0.4 is 0 Å². The highest BCUT2D eigenvalue weighted by atomic mass is 16.8. The van der Waals surface area contributed by atoms with Gasteiger partial charge in [-0.3, -0.25) is 0 Å². The first-order valence-corrected chi connectivity index (χ1v) is 27.3. The fourth-order valence-electron chi connectivity index (χ4n) is 16.1. The van der Waals surface area contributed by atoms with Crippen LogP contribution in [-0.2, 0) is 37.9 Å². The molecule has 75 heavy (non-hydrogen) atoms. The third-order valence-electron chi connectivity index (χ3n) is 20.5. The van der Waals surface area contributed by atoms with E-state index in [1.165, 1.54) is 0 Å². The third kappa shape index (κ3) is 10.5. The monoisotopic (exact) mass is 1080 g/mol. The van der Waals surface area contributed by atoms with Crippen LogP contribution in [0, 0.1) is 45.3 Å². The molecule has 0 spiro atoms. The normalized spacial score (nSPS) is 52.6. The third-order valence-corrected chi connectivity index (χ3v) is 20.5. The Kier molecular flexibility index (Phi) is 18.1. The molecule has 22 heteroatoms. The van der Waals surface area contributed by atoms with Crippen LogP contribution in [0.15, 0.2) is 11.6 Å². The molecule has 19 unspecified atom stereocenters. The number of hydrogen-bond acceptors (Lipinski definition) is 22. The summed E-state index contributed by atoms with van der Waals surface area (Å²) in [4.78, 5) is 0. The first-order chi connectivity index (χ1) is 35.1. The molecule has 4 saturated carbocycles. The van der Waals surface area contributed by atoms with Crippen molar-refractivity contribution in [3.8, 4) is 0 Å². The Morgan fingerprint density at radius 3 is 1.69 bits per heavy atom. The predicted octanol–water partition coefficient (Wildman–Crippen LogP) is -1.56. The van der Waals surface area contributed by atoms with Crippen molar-refractivity contribution >= 4 is 0 Å². The highest BCUT2D eigenvalue weighted by Gasteiger charge is 2.72. The fourth-order valence-corrected chi connectivity index (χ4v) is 16.1. The standard InChI is InChI=1S/C53H90O22/c1-23(2)10-9-14-53(8,75-47-43(67)39(63)37(61)29(72-47)22-68-45-41(65)36(60)28(21-56)69-45)24-11-16-52(7)33(24)25(57)18-31-50(5)15-13-32(49(3,4)30(50)12-17-51(31,52)6)73-48-44(40(64)35(59)27(20-55)71-48)74-46-42(66)38(62)34(58)26(19-54)70-46/h10,24-48,54-67H,9,11-22H2,1-8H3/t24-,25?,26?,27?,28?,29?,30-,31+,32?,33+,34?,35?,36?,37?,38?,39?,40?,41?,42?,43?,44?,45?,46+,47?,48+,50+,51+,52+,53-/m0/s1. The minimum absolute atomic E-state index is 0.0508. The summed E-state index contributed by atoms with van der Waals surface area (Å²) in [5.41, 5.74) is -1.47. The SMILES string of the molecule is CC(C)=CCC[C@](C)(OC1OC(COC2OC(CO)C(O)C2O)C(O)C(O)C1O)[C@H]1CC[C@]2(C)[C@H]1C(O)C[C@@H]1[C@]3(C)CCC(O[C@H]4OC(CO)C(O)C(O)C4O[C@H]4OC(CO)C(O)C(O)C4O)C(C)(C)[C@@H]3CC[C@]12C. The molecule has 8 rings (SSSR count). The highest BCUT2D eigenvalue weighted by Crippen LogP contribution is 2.76. The molecule has 0 aromatic heterocycles. The summed E-state index contributed by atoms with van der Waals surface area (Å²) in [6, 6.07) is 0. The molecule has 434 valence electrons. The second-order valence-corrected chi connectivity index (χ2v) is 25.3. The van der Waals surface area contributed by atoms with Crippen LogP contribution in [0.3, 0.4) is 0 Å². The molecule has 8 fully saturated rings. The molecule has 22 nitrogen and oxygen atoms in total. The van der Waals surface area contributed by atoms with Gasteiger partial charge in [0.05, 0.1) is 44.2 Å². The van der Waals surface area contributed by atoms with Gasteiger partial charge in [0.15, 0.2) is 25.2 Å². The molecule has 4 heterocycles. The number of aliphatic hydroxyl groups excluding tert-OH is 14. The topological polar surface area (TPSA) is 357 Å². The maximum Gasteiger partial charge on any atom is 0.187 e. The van der Waals surface area contributed by atoms with E-state index in [0.717, 1.165) is 24.8 Å². The number of fused-ring (bicyclic) bond motifs is 5. The fraction of sp³-hybridized carbons (Fsp3) is 0.962. The molecule has 0 aromatic rings. The van der Waals surface area contributed by atoms with Crippen molar-refractivity contribution in [2.45, 2.75) is 248 Å². The molecular weight excluding hydrogens is 989 g/mol. The van der Waals surface area contributed by atoms with Gasteiger partial charge in [-0.2, -0.15) is 0 Å². The molecule has 8 aliphatic rings. The maximum atomic E-state index is 12.8. The Hall–Kier alpha value is -1.14. The summed E-state index contributed by atoms with van der Waals surface area (Å²) in [5, 5.41) is 151. The number of aliphatic hydroxyl groups is 14. The van der Waals surface area contributed by atoms with Crippen LogP contribution in [-0.4, -0.2) is 232 Å². The number of rotatable bonds is 16. The summed E-state index contributed by atoms with van der Waals surface area (Å²) < 4.78 is 48.9. The quantitative estimate of drug-likeness (QED) is 0.0614. The Morgan fingerprint density at radius 2 is 1.08 bits per heavy atom. The van der Waals surface area contributed by atoms with Crippen molar-refractivity contribution in [3.63, 3.8) is 0 Å². The van der Waals surface area contributed by atoms with Crippen molar-refractivity contribution in [2.75, 3.05) is 26.4 Å². The Labute approximate surface area is 439 Å². The smallest absolute Gasteiger partial charge is 0.187 e. The summed E-state index contributed by atoms with van der Waals surface area (Å²) in [7, 11) is 0. The van der Waals surface area contributed by atoms with Gasteiger partial charge in [-0.15, -0.1) is 0 Å². The van der Waals surface area contributed by atoms with E-state index in [0.29, 0.717) is 38.5 Å². The van der Waals surface area contributed by atoms with Gasteiger partial charge >= 0.3 is 0 Å². The molecular formula is C53H90O22. The maximum absolute atomic E-state index is 12.8. The zero-order valence-corrected chi connectivity index (χ0v) is 44.7. The molecule has 0 bridgehead atoms. The van der Waals surface area contributed by atoms with E-state index < -0.39 is 172 Å². The van der Waals surface area contributed by atoms with Crippen molar-refractivity contribution in [2.24, 2.45) is 45.3 Å². The average Bonchev–Trinajstić information content (AvgIpc) is 3.89. The summed E-state index contributed by atoms with van der Waals surface area (Å²) in [6.07, 6.45) is -22.1. The van der Waals surface area contributed by atoms with Crippen molar-refractivity contribution < 1.29 is 109 Å². The Morgan fingerprint density at radius 1 is 0.560 bits per heavy atom. The van der Waals surface area contributed by atoms with Crippen LogP contribution in [0.5, 0.6) is 0 Å². The lowest BCUT2D eigenvalue weighted by Crippen LogP contribution is -2.68. The summed E-state index contributed by atoms with van der Waals surface area (Å²) >= 11 is 0. The van der Waals surface area contributed by atoms with E-state index in [1.807, 2.05) is 20.8 Å². The Balaban J connectivity index is 1.01. The lowest BCUT2D eigenvalue weighted by Gasteiger charge is -2.71. The largest absolute Gasteiger partial charge is 0.394 e. The van der Waals surface area contributed by atoms with Crippen LogP contribution in [0.2, 0.25) is 0 Å². The number of ether oxygens (including phenoxy) is 8. The van der Waals surface area contributed by atoms with Crippen molar-refractivity contribution in [1.29, 1.82) is 0 Å². The van der Waals surface area contributed by atoms with E-state index >= 15 is 0 Å². The molecule has 0 radical (unpaired) electrons. The van der Waals surface area contributed by atoms with Gasteiger partial charge in [-0.25, -0.2) is 0 Å². The van der Waals surface area contributed by atoms with Gasteiger partial charge in [0.1, 0.15) is 91.6 Å². The zero-order valence-electron chi connectivity index (χ0n) is 44.7. The predicted molar refractivity (Wildman–Crippen MR) is 260 cm³/mol. The average molecular weight is 1080 g/mol. The minimum Gasteiger partial charge on any atom is -0.394 e. The second-order valence-electron chi connectivity index (χ2n) is 25.3. The van der Waals surface area contributed by atoms with E-state index in [9.17, 15) is 71.5 Å². The van der Waals surface area contributed by atoms with Gasteiger partial charge in [0.25, 0.3) is 0 Å². The molecule has 4 saturated heterocycles. The van der Waals surface area contributed by atoms with Crippen molar-refractivity contribution in [3.05, 3.63) is 11.6 Å². The Bertz CT molecular complexity index is 1940.